The molecular weight excluding hydrogens is 327 g/mol. The number of pyridine rings is 1. The number of aromatic nitrogens is 1. The average Bonchev–Trinajstić information content (AvgIpc) is 2.53. The third kappa shape index (κ3) is 3.10. The number of amides is 1. The molecular formula is C15H14Cl2N2O3. The minimum atomic E-state index is -0.282. The fourth-order valence-corrected chi connectivity index (χ4v) is 2.61. The van der Waals surface area contributed by atoms with Crippen LogP contribution in [0.15, 0.2) is 30.6 Å². The van der Waals surface area contributed by atoms with Crippen LogP contribution in [0.25, 0.3) is 0 Å². The van der Waals surface area contributed by atoms with E-state index in [1.165, 1.54) is 31.5 Å². The summed E-state index contributed by atoms with van der Waals surface area (Å²) < 4.78 is 10.4. The molecule has 0 spiro atoms. The lowest BCUT2D eigenvalue weighted by Crippen LogP contribution is -2.27. The number of nitrogens with zero attached hydrogens (tertiary/aromatic N) is 2. The van der Waals surface area contributed by atoms with E-state index in [2.05, 4.69) is 4.98 Å². The molecule has 0 atom stereocenters. The highest BCUT2D eigenvalue weighted by Gasteiger charge is 2.20. The molecule has 0 saturated heterocycles. The summed E-state index contributed by atoms with van der Waals surface area (Å²) in [4.78, 5) is 17.8. The highest BCUT2D eigenvalue weighted by atomic mass is 35.5. The first-order chi connectivity index (χ1) is 10.5. The summed E-state index contributed by atoms with van der Waals surface area (Å²) in [5.74, 6) is 0.728. The van der Waals surface area contributed by atoms with Crippen LogP contribution in [0, 0.1) is 0 Å². The van der Waals surface area contributed by atoms with Gasteiger partial charge in [0.25, 0.3) is 5.91 Å². The first-order valence-corrected chi connectivity index (χ1v) is 7.04. The van der Waals surface area contributed by atoms with Crippen LogP contribution in [-0.2, 0) is 0 Å². The van der Waals surface area contributed by atoms with Crippen molar-refractivity contribution in [1.29, 1.82) is 0 Å². The van der Waals surface area contributed by atoms with Crippen molar-refractivity contribution in [2.75, 3.05) is 26.2 Å². The molecule has 0 aliphatic carbocycles. The maximum absolute atomic E-state index is 12.6. The van der Waals surface area contributed by atoms with Gasteiger partial charge in [0.15, 0.2) is 11.5 Å². The van der Waals surface area contributed by atoms with Crippen LogP contribution in [0.5, 0.6) is 11.5 Å². The fraction of sp³-hybridized carbons (Fsp3) is 0.200. The summed E-state index contributed by atoms with van der Waals surface area (Å²) in [6, 6.07) is 4.90. The number of ether oxygens (including phenoxy) is 2. The molecule has 1 aromatic heterocycles. The second-order valence-corrected chi connectivity index (χ2v) is 5.20. The normalized spacial score (nSPS) is 10.2. The van der Waals surface area contributed by atoms with E-state index in [0.717, 1.165) is 0 Å². The van der Waals surface area contributed by atoms with Gasteiger partial charge in [-0.25, -0.2) is 0 Å². The van der Waals surface area contributed by atoms with E-state index in [0.29, 0.717) is 32.8 Å². The number of halogens is 2. The molecule has 22 heavy (non-hydrogen) atoms. The Bertz CT molecular complexity index is 687. The lowest BCUT2D eigenvalue weighted by Gasteiger charge is -2.20. The highest BCUT2D eigenvalue weighted by Crippen LogP contribution is 2.33. The van der Waals surface area contributed by atoms with Crippen LogP contribution >= 0.6 is 23.2 Å². The zero-order valence-electron chi connectivity index (χ0n) is 12.3. The number of carbonyl (C=O) groups excluding carboxylic acids is 1. The van der Waals surface area contributed by atoms with Crippen LogP contribution in [0.3, 0.4) is 0 Å². The molecule has 0 aliphatic rings. The highest BCUT2D eigenvalue weighted by molar-refractivity contribution is 6.39. The van der Waals surface area contributed by atoms with Gasteiger partial charge in [-0.3, -0.25) is 9.78 Å². The predicted octanol–water partition coefficient (Wildman–Crippen LogP) is 3.68. The van der Waals surface area contributed by atoms with Crippen LogP contribution in [0.2, 0.25) is 10.0 Å². The van der Waals surface area contributed by atoms with Crippen molar-refractivity contribution in [3.05, 3.63) is 46.2 Å². The molecule has 7 heteroatoms. The van der Waals surface area contributed by atoms with E-state index in [1.54, 1.807) is 25.2 Å². The van der Waals surface area contributed by atoms with Gasteiger partial charge in [0.2, 0.25) is 0 Å². The van der Waals surface area contributed by atoms with Crippen molar-refractivity contribution in [2.45, 2.75) is 0 Å². The van der Waals surface area contributed by atoms with Gasteiger partial charge in [0.05, 0.1) is 30.0 Å². The topological polar surface area (TPSA) is 51.7 Å². The molecule has 0 radical (unpaired) electrons. The Morgan fingerprint density at radius 1 is 1.09 bits per heavy atom. The monoisotopic (exact) mass is 340 g/mol. The van der Waals surface area contributed by atoms with Gasteiger partial charge >= 0.3 is 0 Å². The van der Waals surface area contributed by atoms with E-state index >= 15 is 0 Å². The molecule has 0 unspecified atom stereocenters. The van der Waals surface area contributed by atoms with Crippen molar-refractivity contribution in [3.63, 3.8) is 0 Å². The van der Waals surface area contributed by atoms with Crippen LogP contribution in [-0.4, -0.2) is 32.2 Å². The Labute approximate surface area is 138 Å². The Hall–Kier alpha value is -1.98. The van der Waals surface area contributed by atoms with E-state index < -0.39 is 0 Å². The molecule has 2 rings (SSSR count). The van der Waals surface area contributed by atoms with Crippen molar-refractivity contribution in [2.24, 2.45) is 0 Å². The Morgan fingerprint density at radius 2 is 1.68 bits per heavy atom. The van der Waals surface area contributed by atoms with E-state index in [4.69, 9.17) is 32.7 Å². The van der Waals surface area contributed by atoms with Gasteiger partial charge in [-0.1, -0.05) is 23.2 Å². The van der Waals surface area contributed by atoms with Gasteiger partial charge in [-0.05, 0) is 18.2 Å². The van der Waals surface area contributed by atoms with Crippen molar-refractivity contribution in [1.82, 2.24) is 4.98 Å². The maximum atomic E-state index is 12.6. The fourth-order valence-electron chi connectivity index (χ4n) is 1.99. The first kappa shape index (κ1) is 16.4. The molecule has 1 heterocycles. The standard InChI is InChI=1S/C15H14Cl2N2O3/c1-19(14-10(16)7-18-8-11(14)17)15(20)9-4-5-12(21-2)13(6-9)22-3/h4-8H,1-3H3. The molecule has 1 amide bonds. The summed E-state index contributed by atoms with van der Waals surface area (Å²) in [7, 11) is 4.63. The Balaban J connectivity index is 2.39. The van der Waals surface area contributed by atoms with Crippen LogP contribution < -0.4 is 14.4 Å². The van der Waals surface area contributed by atoms with E-state index in [-0.39, 0.29) is 5.91 Å². The molecule has 2 aromatic rings. The molecule has 1 aromatic carbocycles. The largest absolute Gasteiger partial charge is 0.493 e. The summed E-state index contributed by atoms with van der Waals surface area (Å²) in [6.45, 7) is 0. The number of methoxy groups -OCH3 is 2. The molecule has 0 bridgehead atoms. The Kier molecular flexibility index (Phi) is 5.11. The van der Waals surface area contributed by atoms with Gasteiger partial charge in [0, 0.05) is 25.0 Å². The second kappa shape index (κ2) is 6.85. The number of carbonyl (C=O) groups is 1. The zero-order valence-corrected chi connectivity index (χ0v) is 13.8. The van der Waals surface area contributed by atoms with Gasteiger partial charge in [-0.15, -0.1) is 0 Å². The second-order valence-electron chi connectivity index (χ2n) is 4.39. The van der Waals surface area contributed by atoms with Gasteiger partial charge in [-0.2, -0.15) is 0 Å². The van der Waals surface area contributed by atoms with Crippen molar-refractivity contribution < 1.29 is 14.3 Å². The molecule has 0 saturated carbocycles. The SMILES string of the molecule is COc1ccc(C(=O)N(C)c2c(Cl)cncc2Cl)cc1OC. The number of hydrogen-bond donors (Lipinski definition) is 0. The minimum Gasteiger partial charge on any atom is -0.493 e. The molecule has 116 valence electrons. The average molecular weight is 341 g/mol. The predicted molar refractivity (Wildman–Crippen MR) is 86.5 cm³/mol. The summed E-state index contributed by atoms with van der Waals surface area (Å²) >= 11 is 12.2. The quantitative estimate of drug-likeness (QED) is 0.851. The molecule has 0 fully saturated rings. The number of hydrogen-bond acceptors (Lipinski definition) is 4. The lowest BCUT2D eigenvalue weighted by atomic mass is 10.1. The minimum absolute atomic E-state index is 0.282. The third-order valence-electron chi connectivity index (χ3n) is 3.10. The first-order valence-electron chi connectivity index (χ1n) is 6.28. The van der Waals surface area contributed by atoms with Crippen molar-refractivity contribution >= 4 is 34.8 Å². The van der Waals surface area contributed by atoms with E-state index in [9.17, 15) is 4.79 Å². The zero-order chi connectivity index (χ0) is 16.3. The van der Waals surface area contributed by atoms with Gasteiger partial charge in [0.1, 0.15) is 0 Å². The van der Waals surface area contributed by atoms with E-state index in [1.807, 2.05) is 0 Å². The molecule has 0 N–H and O–H groups in total. The summed E-state index contributed by atoms with van der Waals surface area (Å²) in [6.07, 6.45) is 2.86. The number of rotatable bonds is 4. The lowest BCUT2D eigenvalue weighted by molar-refractivity contribution is 0.0992. The number of benzene rings is 1. The molecule has 5 nitrogen and oxygen atoms in total. The van der Waals surface area contributed by atoms with Crippen LogP contribution in [0.4, 0.5) is 5.69 Å². The number of anilines is 1. The Morgan fingerprint density at radius 3 is 2.23 bits per heavy atom. The summed E-state index contributed by atoms with van der Waals surface area (Å²) in [5.41, 5.74) is 0.821. The maximum Gasteiger partial charge on any atom is 0.258 e. The van der Waals surface area contributed by atoms with Crippen LogP contribution in [0.1, 0.15) is 10.4 Å². The summed E-state index contributed by atoms with van der Waals surface area (Å²) in [5, 5.41) is 0.590. The van der Waals surface area contributed by atoms with Gasteiger partial charge < -0.3 is 14.4 Å². The third-order valence-corrected chi connectivity index (χ3v) is 3.65. The van der Waals surface area contributed by atoms with Crippen molar-refractivity contribution in [3.8, 4) is 11.5 Å². The molecule has 0 aliphatic heterocycles. The smallest absolute Gasteiger partial charge is 0.258 e.